The fourth-order valence-electron chi connectivity index (χ4n) is 4.76. The third-order valence-electron chi connectivity index (χ3n) is 6.66. The van der Waals surface area contributed by atoms with Crippen LogP contribution in [0.3, 0.4) is 0 Å². The van der Waals surface area contributed by atoms with E-state index in [0.29, 0.717) is 40.4 Å². The highest BCUT2D eigenvalue weighted by atomic mass is 16.5. The summed E-state index contributed by atoms with van der Waals surface area (Å²) >= 11 is 0. The lowest BCUT2D eigenvalue weighted by atomic mass is 9.98. The first kappa shape index (κ1) is 23.5. The van der Waals surface area contributed by atoms with Gasteiger partial charge in [0.05, 0.1) is 24.1 Å². The Labute approximate surface area is 218 Å². The molecular weight excluding hydrogens is 484 g/mol. The van der Waals surface area contributed by atoms with Crippen molar-refractivity contribution in [2.24, 2.45) is 0 Å². The lowest BCUT2D eigenvalue weighted by molar-refractivity contribution is 0.0969. The highest BCUT2D eigenvalue weighted by Gasteiger charge is 2.45. The zero-order chi connectivity index (χ0) is 26.4. The van der Waals surface area contributed by atoms with Gasteiger partial charge in [-0.25, -0.2) is 0 Å². The van der Waals surface area contributed by atoms with Crippen LogP contribution < -0.4 is 19.8 Å². The van der Waals surface area contributed by atoms with Crippen molar-refractivity contribution in [2.45, 2.75) is 26.5 Å². The van der Waals surface area contributed by atoms with Crippen molar-refractivity contribution >= 4 is 22.7 Å². The number of carbonyl (C=O) groups excluding carboxylic acids is 1. The van der Waals surface area contributed by atoms with Gasteiger partial charge in [0.25, 0.3) is 5.91 Å². The van der Waals surface area contributed by atoms with Gasteiger partial charge in [0.1, 0.15) is 18.0 Å². The number of hydrogen-bond acceptors (Lipinski definition) is 7. The van der Waals surface area contributed by atoms with Crippen LogP contribution in [0.1, 0.15) is 44.6 Å². The van der Waals surface area contributed by atoms with Crippen LogP contribution in [0, 0.1) is 13.8 Å². The molecule has 0 saturated heterocycles. The smallest absolute Gasteiger partial charge is 0.296 e. The summed E-state index contributed by atoms with van der Waals surface area (Å²) in [4.78, 5) is 28.8. The predicted molar refractivity (Wildman–Crippen MR) is 141 cm³/mol. The molecule has 1 aliphatic heterocycles. The number of ether oxygens (including phenoxy) is 2. The van der Waals surface area contributed by atoms with Gasteiger partial charge in [-0.05, 0) is 49.2 Å². The number of benzene rings is 3. The van der Waals surface area contributed by atoms with Gasteiger partial charge in [-0.15, -0.1) is 0 Å². The summed E-state index contributed by atoms with van der Waals surface area (Å²) in [5, 5.41) is 4.46. The van der Waals surface area contributed by atoms with Crippen LogP contribution in [-0.2, 0) is 6.61 Å². The molecule has 190 valence electrons. The SMILES string of the molecule is COc1cc([C@@H]2c3c(oc4ccccc4c3=O)C(=O)N2c2cc(C)on2)ccc1OCc1ccc(C)cc1. The molecule has 1 atom stereocenters. The lowest BCUT2D eigenvalue weighted by Crippen LogP contribution is -2.29. The molecule has 2 aromatic heterocycles. The van der Waals surface area contributed by atoms with E-state index in [9.17, 15) is 9.59 Å². The summed E-state index contributed by atoms with van der Waals surface area (Å²) in [6.45, 7) is 4.13. The minimum absolute atomic E-state index is 0.0157. The molecule has 0 fully saturated rings. The lowest BCUT2D eigenvalue weighted by Gasteiger charge is -2.23. The van der Waals surface area contributed by atoms with Gasteiger partial charge in [0, 0.05) is 6.07 Å². The first-order chi connectivity index (χ1) is 18.4. The second-order valence-corrected chi connectivity index (χ2v) is 9.23. The molecule has 1 aliphatic rings. The largest absolute Gasteiger partial charge is 0.493 e. The molecule has 8 nitrogen and oxygen atoms in total. The molecule has 0 radical (unpaired) electrons. The number of aryl methyl sites for hydroxylation is 2. The fourth-order valence-corrected chi connectivity index (χ4v) is 4.76. The molecule has 0 unspecified atom stereocenters. The van der Waals surface area contributed by atoms with Crippen LogP contribution in [0.25, 0.3) is 11.0 Å². The second kappa shape index (κ2) is 9.23. The van der Waals surface area contributed by atoms with E-state index >= 15 is 0 Å². The maximum atomic E-state index is 13.7. The molecule has 38 heavy (non-hydrogen) atoms. The van der Waals surface area contributed by atoms with E-state index in [1.54, 1.807) is 56.5 Å². The Morgan fingerprint density at radius 3 is 2.47 bits per heavy atom. The van der Waals surface area contributed by atoms with Gasteiger partial charge in [0.2, 0.25) is 5.76 Å². The van der Waals surface area contributed by atoms with E-state index in [1.165, 1.54) is 10.5 Å². The van der Waals surface area contributed by atoms with Gasteiger partial charge < -0.3 is 18.4 Å². The Hall–Kier alpha value is -4.85. The quantitative estimate of drug-likeness (QED) is 0.289. The van der Waals surface area contributed by atoms with Gasteiger partial charge in [-0.1, -0.05) is 53.2 Å². The van der Waals surface area contributed by atoms with Crippen LogP contribution in [0.4, 0.5) is 5.82 Å². The number of anilines is 1. The third kappa shape index (κ3) is 3.91. The van der Waals surface area contributed by atoms with E-state index in [1.807, 2.05) is 37.3 Å². The number of fused-ring (bicyclic) bond motifs is 2. The Balaban J connectivity index is 1.45. The number of methoxy groups -OCH3 is 1. The second-order valence-electron chi connectivity index (χ2n) is 9.23. The first-order valence-electron chi connectivity index (χ1n) is 12.1. The third-order valence-corrected chi connectivity index (χ3v) is 6.66. The maximum Gasteiger partial charge on any atom is 0.296 e. The Bertz CT molecular complexity index is 1730. The number of aromatic nitrogens is 1. The van der Waals surface area contributed by atoms with Crippen LogP contribution >= 0.6 is 0 Å². The molecule has 0 saturated carbocycles. The van der Waals surface area contributed by atoms with Crippen molar-refractivity contribution in [1.29, 1.82) is 0 Å². The molecule has 6 rings (SSSR count). The highest BCUT2D eigenvalue weighted by Crippen LogP contribution is 2.43. The summed E-state index contributed by atoms with van der Waals surface area (Å²) in [6, 6.07) is 21.2. The minimum atomic E-state index is -0.803. The molecule has 0 aliphatic carbocycles. The van der Waals surface area contributed by atoms with E-state index < -0.39 is 11.9 Å². The Morgan fingerprint density at radius 2 is 1.74 bits per heavy atom. The van der Waals surface area contributed by atoms with Crippen molar-refractivity contribution in [3.63, 3.8) is 0 Å². The summed E-state index contributed by atoms with van der Waals surface area (Å²) < 4.78 is 22.9. The molecule has 3 aromatic carbocycles. The molecular formula is C30H24N2O6. The zero-order valence-electron chi connectivity index (χ0n) is 21.1. The van der Waals surface area contributed by atoms with E-state index in [-0.39, 0.29) is 22.6 Å². The summed E-state index contributed by atoms with van der Waals surface area (Å²) in [6.07, 6.45) is 0. The van der Waals surface area contributed by atoms with Gasteiger partial charge in [-0.2, -0.15) is 0 Å². The molecule has 8 heteroatoms. The van der Waals surface area contributed by atoms with Crippen LogP contribution in [0.5, 0.6) is 11.5 Å². The minimum Gasteiger partial charge on any atom is -0.493 e. The number of hydrogen-bond donors (Lipinski definition) is 0. The average molecular weight is 509 g/mol. The molecule has 0 spiro atoms. The van der Waals surface area contributed by atoms with E-state index in [0.717, 1.165) is 5.56 Å². The fraction of sp³-hybridized carbons (Fsp3) is 0.167. The van der Waals surface area contributed by atoms with Crippen LogP contribution in [0.15, 0.2) is 86.5 Å². The summed E-state index contributed by atoms with van der Waals surface area (Å²) in [7, 11) is 1.55. The van der Waals surface area contributed by atoms with Crippen LogP contribution in [0.2, 0.25) is 0 Å². The topological polar surface area (TPSA) is 95.0 Å². The van der Waals surface area contributed by atoms with Gasteiger partial charge in [0.15, 0.2) is 22.7 Å². The monoisotopic (exact) mass is 508 g/mol. The molecule has 5 aromatic rings. The zero-order valence-corrected chi connectivity index (χ0v) is 21.1. The maximum absolute atomic E-state index is 13.7. The molecule has 1 amide bonds. The molecule has 3 heterocycles. The number of para-hydroxylation sites is 1. The van der Waals surface area contributed by atoms with Gasteiger partial charge >= 0.3 is 0 Å². The first-order valence-corrected chi connectivity index (χ1v) is 12.1. The van der Waals surface area contributed by atoms with Crippen molar-refractivity contribution in [1.82, 2.24) is 5.16 Å². The number of carbonyl (C=O) groups is 1. The Morgan fingerprint density at radius 1 is 0.947 bits per heavy atom. The number of nitrogens with zero attached hydrogens (tertiary/aromatic N) is 2. The number of amides is 1. The van der Waals surface area contributed by atoms with Crippen molar-refractivity contribution < 1.29 is 23.2 Å². The Kier molecular flexibility index (Phi) is 5.72. The van der Waals surface area contributed by atoms with Crippen LogP contribution in [-0.4, -0.2) is 18.2 Å². The van der Waals surface area contributed by atoms with Crippen molar-refractivity contribution in [3.8, 4) is 11.5 Å². The molecule has 0 bridgehead atoms. The van der Waals surface area contributed by atoms with Crippen molar-refractivity contribution in [2.75, 3.05) is 12.0 Å². The normalized spacial score (nSPS) is 14.7. The van der Waals surface area contributed by atoms with E-state index in [4.69, 9.17) is 18.4 Å². The van der Waals surface area contributed by atoms with E-state index in [2.05, 4.69) is 5.16 Å². The average Bonchev–Trinajstić information content (AvgIpc) is 3.49. The number of rotatable bonds is 6. The molecule has 0 N–H and O–H groups in total. The predicted octanol–water partition coefficient (Wildman–Crippen LogP) is 5.74. The standard InChI is InChI=1S/C30H24N2O6/c1-17-8-10-19(11-9-17)16-36-23-13-12-20(15-24(23)35-3)27-26-28(33)21-6-4-5-7-22(21)37-29(26)30(34)32(27)25-14-18(2)38-31-25/h4-15,27H,16H2,1-3H3/t27-/m1/s1. The summed E-state index contributed by atoms with van der Waals surface area (Å²) in [5.41, 5.74) is 3.14. The van der Waals surface area contributed by atoms with Gasteiger partial charge in [-0.3, -0.25) is 14.5 Å². The van der Waals surface area contributed by atoms with Crippen molar-refractivity contribution in [3.05, 3.63) is 117 Å². The summed E-state index contributed by atoms with van der Waals surface area (Å²) in [5.74, 6) is 1.33. The highest BCUT2D eigenvalue weighted by molar-refractivity contribution is 6.10.